The summed E-state index contributed by atoms with van der Waals surface area (Å²) in [7, 11) is 2.77. The smallest absolute Gasteiger partial charge is 0.416 e. The van der Waals surface area contributed by atoms with Crippen molar-refractivity contribution in [1.82, 2.24) is 5.32 Å². The molecule has 0 bridgehead atoms. The Morgan fingerprint density at radius 1 is 1.20 bits per heavy atom. The molecule has 0 fully saturated rings. The molecule has 0 aliphatic heterocycles. The van der Waals surface area contributed by atoms with Gasteiger partial charge in [-0.15, -0.1) is 0 Å². The number of alkyl halides is 3. The zero-order valence-electron chi connectivity index (χ0n) is 19.5. The Morgan fingerprint density at radius 2 is 1.89 bits per heavy atom. The highest BCUT2D eigenvalue weighted by molar-refractivity contribution is 6.45. The molecule has 2 aromatic rings. The van der Waals surface area contributed by atoms with Crippen LogP contribution in [0.3, 0.4) is 0 Å². The van der Waals surface area contributed by atoms with Crippen LogP contribution in [0, 0.1) is 12.3 Å². The summed E-state index contributed by atoms with van der Waals surface area (Å²) in [5, 5.41) is 30.5. The van der Waals surface area contributed by atoms with Crippen molar-refractivity contribution < 1.29 is 32.7 Å². The average molecular weight is 489 g/mol. The predicted molar refractivity (Wildman–Crippen MR) is 124 cm³/mol. The van der Waals surface area contributed by atoms with Gasteiger partial charge in [0.25, 0.3) is 5.91 Å². The molecule has 0 aromatic heterocycles. The fraction of sp³-hybridized carbons (Fsp3) is 0.250. The monoisotopic (exact) mass is 489 g/mol. The van der Waals surface area contributed by atoms with E-state index in [9.17, 15) is 23.1 Å². The van der Waals surface area contributed by atoms with Gasteiger partial charge >= 0.3 is 6.18 Å². The number of hydrogen-bond acceptors (Lipinski definition) is 7. The number of benzene rings is 2. The Kier molecular flexibility index (Phi) is 9.15. The number of amides is 1. The molecule has 0 unspecified atom stereocenters. The van der Waals surface area contributed by atoms with E-state index < -0.39 is 23.4 Å². The third-order valence-corrected chi connectivity index (χ3v) is 4.84. The number of nitrogens with one attached hydrogen (secondary N) is 2. The molecule has 0 atom stereocenters. The lowest BCUT2D eigenvalue weighted by molar-refractivity contribution is -0.243. The third-order valence-electron chi connectivity index (χ3n) is 4.84. The van der Waals surface area contributed by atoms with Crippen molar-refractivity contribution in [2.45, 2.75) is 26.6 Å². The number of hydrogen-bond donors (Lipinski definition) is 2. The Balaban J connectivity index is 2.21. The minimum atomic E-state index is -4.59. The van der Waals surface area contributed by atoms with Crippen LogP contribution in [0.15, 0.2) is 58.9 Å². The van der Waals surface area contributed by atoms with Crippen LogP contribution in [0.25, 0.3) is 5.76 Å². The first-order valence-electron chi connectivity index (χ1n) is 10.2. The van der Waals surface area contributed by atoms with Crippen molar-refractivity contribution >= 4 is 28.8 Å². The van der Waals surface area contributed by atoms with Gasteiger partial charge in [0.05, 0.1) is 11.3 Å². The predicted octanol–water partition coefficient (Wildman–Crippen LogP) is 3.42. The summed E-state index contributed by atoms with van der Waals surface area (Å²) in [6, 6.07) is 9.14. The fourth-order valence-electron chi connectivity index (χ4n) is 2.95. The van der Waals surface area contributed by atoms with Crippen molar-refractivity contribution in [2.75, 3.05) is 14.2 Å². The second kappa shape index (κ2) is 11.8. The number of allylic oxidation sites excluding steroid dienone is 1. The maximum atomic E-state index is 12.9. The summed E-state index contributed by atoms with van der Waals surface area (Å²) in [4.78, 5) is 22.4. The molecule has 11 heteroatoms. The van der Waals surface area contributed by atoms with Crippen LogP contribution in [0.4, 0.5) is 13.2 Å². The van der Waals surface area contributed by atoms with E-state index in [0.29, 0.717) is 11.1 Å². The molecule has 0 aliphatic rings. The lowest BCUT2D eigenvalue weighted by Gasteiger charge is -2.15. The number of nitrogens with zero attached hydrogens (tertiary/aromatic N) is 2. The summed E-state index contributed by atoms with van der Waals surface area (Å²) >= 11 is 0. The van der Waals surface area contributed by atoms with E-state index in [-0.39, 0.29) is 29.3 Å². The molecule has 0 heterocycles. The number of carbonyl (C=O) groups is 1. The highest BCUT2D eigenvalue weighted by Gasteiger charge is 2.30. The van der Waals surface area contributed by atoms with Gasteiger partial charge in [0.1, 0.15) is 19.4 Å². The van der Waals surface area contributed by atoms with Gasteiger partial charge in [0.15, 0.2) is 5.71 Å². The molecule has 8 nitrogen and oxygen atoms in total. The first-order chi connectivity index (χ1) is 16.5. The van der Waals surface area contributed by atoms with E-state index >= 15 is 0 Å². The second-order valence-corrected chi connectivity index (χ2v) is 7.25. The van der Waals surface area contributed by atoms with E-state index in [2.05, 4.69) is 15.6 Å². The maximum absolute atomic E-state index is 12.9. The number of aryl methyl sites for hydroxylation is 1. The zero-order chi connectivity index (χ0) is 26.2. The lowest BCUT2D eigenvalue weighted by Crippen LogP contribution is -2.29. The van der Waals surface area contributed by atoms with Gasteiger partial charge < -0.3 is 20.1 Å². The summed E-state index contributed by atoms with van der Waals surface area (Å²) in [5.41, 5.74) is 0.401. The molecule has 186 valence electrons. The third kappa shape index (κ3) is 7.16. The minimum absolute atomic E-state index is 0.0255. The molecule has 0 radical (unpaired) electrons. The van der Waals surface area contributed by atoms with E-state index in [1.807, 2.05) is 0 Å². The van der Waals surface area contributed by atoms with Crippen LogP contribution in [-0.4, -0.2) is 37.2 Å². The Bertz CT molecular complexity index is 1190. The largest absolute Gasteiger partial charge is 0.872 e. The van der Waals surface area contributed by atoms with Gasteiger partial charge in [-0.3, -0.25) is 10.2 Å². The Hall–Kier alpha value is -4.15. The highest BCUT2D eigenvalue weighted by atomic mass is 19.4. The number of likely N-dealkylation sites (N-methyl/N-ethyl adjacent to an activating group) is 1. The topological polar surface area (TPSA) is 119 Å². The van der Waals surface area contributed by atoms with Crippen LogP contribution in [-0.2, 0) is 27.3 Å². The van der Waals surface area contributed by atoms with Gasteiger partial charge in [0, 0.05) is 18.2 Å². The molecular formula is C24H24F3N4O4-. The standard InChI is InChI=1S/C24H25F3N4O4/c1-14-7-5-10-18(22(31-34-4)23(33)29-3)19(14)13-35-30-15(2)20(28)12-21(32)16-8-6-9-17(11-16)24(25,26)27/h5-12,28,32H,13H2,1-4H3,(H,29,33)/p-1/b21-12-,28-20?,30-15+,31-22+. The molecule has 35 heavy (non-hydrogen) atoms. The van der Waals surface area contributed by atoms with Gasteiger partial charge in [0.2, 0.25) is 0 Å². The van der Waals surface area contributed by atoms with Crippen molar-refractivity contribution in [2.24, 2.45) is 10.3 Å². The van der Waals surface area contributed by atoms with Crippen LogP contribution < -0.4 is 10.4 Å². The first kappa shape index (κ1) is 27.1. The Morgan fingerprint density at radius 3 is 2.51 bits per heavy atom. The van der Waals surface area contributed by atoms with Crippen molar-refractivity contribution in [3.8, 4) is 0 Å². The van der Waals surface area contributed by atoms with E-state index in [1.54, 1.807) is 25.1 Å². The van der Waals surface area contributed by atoms with E-state index in [4.69, 9.17) is 15.1 Å². The molecular weight excluding hydrogens is 465 g/mol. The summed E-state index contributed by atoms with van der Waals surface area (Å²) in [6.07, 6.45) is -3.72. The van der Waals surface area contributed by atoms with Gasteiger partial charge in [-0.05, 0) is 43.2 Å². The molecule has 2 N–H and O–H groups in total. The second-order valence-electron chi connectivity index (χ2n) is 7.25. The Labute approximate surface area is 200 Å². The minimum Gasteiger partial charge on any atom is -0.872 e. The molecule has 0 saturated heterocycles. The van der Waals surface area contributed by atoms with Crippen LogP contribution >= 0.6 is 0 Å². The van der Waals surface area contributed by atoms with Gasteiger partial charge in [-0.1, -0.05) is 46.4 Å². The SMILES string of the molecule is CNC(=O)/C(=N/OC)c1cccc(C)c1CO/N=C(\C)C(=N)/C=C(\[O-])c1cccc(C(F)(F)F)c1. The highest BCUT2D eigenvalue weighted by Crippen LogP contribution is 2.30. The van der Waals surface area contributed by atoms with Crippen molar-refractivity contribution in [3.05, 3.63) is 76.4 Å². The zero-order valence-corrected chi connectivity index (χ0v) is 19.5. The van der Waals surface area contributed by atoms with E-state index in [1.165, 1.54) is 27.1 Å². The van der Waals surface area contributed by atoms with Crippen LogP contribution in [0.1, 0.15) is 34.7 Å². The van der Waals surface area contributed by atoms with Gasteiger partial charge in [-0.25, -0.2) is 0 Å². The summed E-state index contributed by atoms with van der Waals surface area (Å²) in [5.74, 6) is -1.24. The quantitative estimate of drug-likeness (QED) is 0.319. The maximum Gasteiger partial charge on any atom is 0.416 e. The number of rotatable bonds is 9. The van der Waals surface area contributed by atoms with Gasteiger partial charge in [-0.2, -0.15) is 13.2 Å². The molecule has 2 rings (SSSR count). The van der Waals surface area contributed by atoms with Crippen molar-refractivity contribution in [1.29, 1.82) is 5.41 Å². The van der Waals surface area contributed by atoms with Crippen LogP contribution in [0.5, 0.6) is 0 Å². The van der Waals surface area contributed by atoms with Crippen molar-refractivity contribution in [3.63, 3.8) is 0 Å². The molecule has 0 saturated carbocycles. The van der Waals surface area contributed by atoms with Crippen LogP contribution in [0.2, 0.25) is 0 Å². The molecule has 0 aliphatic carbocycles. The summed E-state index contributed by atoms with van der Waals surface area (Å²) in [6.45, 7) is 3.13. The molecule has 1 amide bonds. The average Bonchev–Trinajstić information content (AvgIpc) is 2.82. The first-order valence-corrected chi connectivity index (χ1v) is 10.2. The number of oxime groups is 2. The fourth-order valence-corrected chi connectivity index (χ4v) is 2.95. The lowest BCUT2D eigenvalue weighted by atomic mass is 9.98. The number of halogens is 3. The summed E-state index contributed by atoms with van der Waals surface area (Å²) < 4.78 is 38.6. The normalized spacial score (nSPS) is 12.8. The van der Waals surface area contributed by atoms with E-state index in [0.717, 1.165) is 29.8 Å². The number of carbonyl (C=O) groups excluding carboxylic acids is 1. The molecule has 2 aromatic carbocycles. The molecule has 0 spiro atoms.